The summed E-state index contributed by atoms with van der Waals surface area (Å²) in [4.78, 5) is 0. The molecule has 0 amide bonds. The normalized spacial score (nSPS) is 16.5. The molecule has 0 aliphatic heterocycles. The molecule has 0 fully saturated rings. The molecule has 0 heterocycles. The number of rotatable bonds is 6. The Hall–Kier alpha value is -0.120. The van der Waals surface area contributed by atoms with E-state index in [0.717, 1.165) is 6.54 Å². The van der Waals surface area contributed by atoms with Crippen molar-refractivity contribution in [1.29, 1.82) is 0 Å². The lowest BCUT2D eigenvalue weighted by Crippen LogP contribution is -2.42. The van der Waals surface area contributed by atoms with Crippen LogP contribution in [0.1, 0.15) is 27.7 Å². The molecule has 2 N–H and O–H groups in total. The van der Waals surface area contributed by atoms with Gasteiger partial charge < -0.3 is 15.2 Å². The van der Waals surface area contributed by atoms with E-state index in [1.165, 1.54) is 0 Å². The molecule has 3 heteroatoms. The Kier molecular flexibility index (Phi) is 5.46. The molecule has 0 aliphatic rings. The van der Waals surface area contributed by atoms with Crippen LogP contribution in [-0.4, -0.2) is 36.5 Å². The smallest absolute Gasteiger partial charge is 0.0975 e. The maximum atomic E-state index is 9.71. The number of aliphatic hydroxyl groups is 1. The topological polar surface area (TPSA) is 41.5 Å². The van der Waals surface area contributed by atoms with Crippen LogP contribution in [0.5, 0.6) is 0 Å². The average molecular weight is 175 g/mol. The summed E-state index contributed by atoms with van der Waals surface area (Å²) in [5.41, 5.74) is -0.750. The van der Waals surface area contributed by atoms with E-state index in [0.29, 0.717) is 13.2 Å². The largest absolute Gasteiger partial charge is 0.386 e. The first kappa shape index (κ1) is 11.9. The number of ether oxygens (including phenoxy) is 1. The van der Waals surface area contributed by atoms with Crippen molar-refractivity contribution in [2.24, 2.45) is 0 Å². The summed E-state index contributed by atoms with van der Waals surface area (Å²) in [6.45, 7) is 9.55. The van der Waals surface area contributed by atoms with Crippen molar-refractivity contribution >= 4 is 0 Å². The van der Waals surface area contributed by atoms with Crippen LogP contribution in [0.3, 0.4) is 0 Å². The molecular weight excluding hydrogens is 154 g/mol. The lowest BCUT2D eigenvalue weighted by molar-refractivity contribution is -0.0518. The lowest BCUT2D eigenvalue weighted by atomic mass is 10.1. The van der Waals surface area contributed by atoms with Crippen molar-refractivity contribution in [2.75, 3.05) is 19.7 Å². The van der Waals surface area contributed by atoms with Crippen molar-refractivity contribution in [1.82, 2.24) is 5.32 Å². The van der Waals surface area contributed by atoms with E-state index in [1.807, 2.05) is 20.8 Å². The van der Waals surface area contributed by atoms with Crippen LogP contribution in [-0.2, 0) is 4.74 Å². The minimum Gasteiger partial charge on any atom is -0.386 e. The minimum absolute atomic E-state index is 0.179. The molecule has 3 nitrogen and oxygen atoms in total. The highest BCUT2D eigenvalue weighted by atomic mass is 16.5. The van der Waals surface area contributed by atoms with Gasteiger partial charge in [-0.3, -0.25) is 0 Å². The molecular formula is C9H21NO2. The van der Waals surface area contributed by atoms with Crippen molar-refractivity contribution < 1.29 is 9.84 Å². The molecule has 1 atom stereocenters. The van der Waals surface area contributed by atoms with Gasteiger partial charge in [-0.05, 0) is 27.3 Å². The van der Waals surface area contributed by atoms with E-state index in [9.17, 15) is 5.11 Å². The highest BCUT2D eigenvalue weighted by Gasteiger charge is 2.20. The van der Waals surface area contributed by atoms with Gasteiger partial charge in [-0.2, -0.15) is 0 Å². The van der Waals surface area contributed by atoms with Crippen LogP contribution >= 0.6 is 0 Å². The Balaban J connectivity index is 3.56. The molecule has 0 aliphatic carbocycles. The predicted octanol–water partition coefficient (Wildman–Crippen LogP) is 0.772. The molecule has 0 saturated carbocycles. The van der Waals surface area contributed by atoms with E-state index in [1.54, 1.807) is 6.92 Å². The molecule has 74 valence electrons. The van der Waals surface area contributed by atoms with E-state index < -0.39 is 5.60 Å². The number of hydrogen-bond donors (Lipinski definition) is 2. The van der Waals surface area contributed by atoms with Gasteiger partial charge in [0.15, 0.2) is 0 Å². The highest BCUT2D eigenvalue weighted by Crippen LogP contribution is 2.03. The van der Waals surface area contributed by atoms with Gasteiger partial charge in [0.25, 0.3) is 0 Å². The fourth-order valence-corrected chi connectivity index (χ4v) is 0.792. The molecule has 0 bridgehead atoms. The molecule has 0 saturated heterocycles. The van der Waals surface area contributed by atoms with Gasteiger partial charge in [0.2, 0.25) is 0 Å². The summed E-state index contributed by atoms with van der Waals surface area (Å²) in [7, 11) is 0. The number of nitrogens with one attached hydrogen (secondary N) is 1. The molecule has 0 aromatic carbocycles. The molecule has 12 heavy (non-hydrogen) atoms. The van der Waals surface area contributed by atoms with Crippen molar-refractivity contribution in [3.63, 3.8) is 0 Å². The Morgan fingerprint density at radius 2 is 2.08 bits per heavy atom. The third-order valence-electron chi connectivity index (χ3n) is 1.48. The lowest BCUT2D eigenvalue weighted by Gasteiger charge is -2.24. The average Bonchev–Trinajstić information content (AvgIpc) is 1.98. The van der Waals surface area contributed by atoms with E-state index in [4.69, 9.17) is 4.74 Å². The quantitative estimate of drug-likeness (QED) is 0.626. The van der Waals surface area contributed by atoms with Gasteiger partial charge in [-0.25, -0.2) is 0 Å². The Morgan fingerprint density at radius 1 is 1.50 bits per heavy atom. The first-order valence-corrected chi connectivity index (χ1v) is 4.52. The Labute approximate surface area is 75.1 Å². The van der Waals surface area contributed by atoms with Crippen molar-refractivity contribution in [3.05, 3.63) is 0 Å². The van der Waals surface area contributed by atoms with Crippen LogP contribution in [0.15, 0.2) is 0 Å². The van der Waals surface area contributed by atoms with Gasteiger partial charge in [-0.1, -0.05) is 6.92 Å². The minimum atomic E-state index is -0.750. The third kappa shape index (κ3) is 6.58. The van der Waals surface area contributed by atoms with Crippen LogP contribution in [0.25, 0.3) is 0 Å². The van der Waals surface area contributed by atoms with Crippen LogP contribution in [0.4, 0.5) is 0 Å². The summed E-state index contributed by atoms with van der Waals surface area (Å²) >= 11 is 0. The SMILES string of the molecule is CCNCC(C)(O)COC(C)C. The Bertz CT molecular complexity index is 113. The summed E-state index contributed by atoms with van der Waals surface area (Å²) < 4.78 is 5.31. The van der Waals surface area contributed by atoms with Gasteiger partial charge >= 0.3 is 0 Å². The number of hydrogen-bond acceptors (Lipinski definition) is 3. The maximum absolute atomic E-state index is 9.71. The van der Waals surface area contributed by atoms with Crippen LogP contribution in [0, 0.1) is 0 Å². The molecule has 0 radical (unpaired) electrons. The summed E-state index contributed by atoms with van der Waals surface area (Å²) in [6, 6.07) is 0. The van der Waals surface area contributed by atoms with E-state index in [2.05, 4.69) is 5.32 Å². The van der Waals surface area contributed by atoms with E-state index in [-0.39, 0.29) is 6.10 Å². The second-order valence-electron chi connectivity index (χ2n) is 3.64. The molecule has 0 aromatic heterocycles. The molecule has 0 rings (SSSR count). The van der Waals surface area contributed by atoms with Gasteiger partial charge in [0, 0.05) is 6.54 Å². The zero-order valence-corrected chi connectivity index (χ0v) is 8.55. The van der Waals surface area contributed by atoms with Gasteiger partial charge in [-0.15, -0.1) is 0 Å². The van der Waals surface area contributed by atoms with Gasteiger partial charge in [0.1, 0.15) is 0 Å². The van der Waals surface area contributed by atoms with Crippen LogP contribution < -0.4 is 5.32 Å². The van der Waals surface area contributed by atoms with Crippen molar-refractivity contribution in [3.8, 4) is 0 Å². The Morgan fingerprint density at radius 3 is 2.50 bits per heavy atom. The first-order chi connectivity index (χ1) is 5.48. The van der Waals surface area contributed by atoms with E-state index >= 15 is 0 Å². The standard InChI is InChI=1S/C9H21NO2/c1-5-10-6-9(4,11)7-12-8(2)3/h8,10-11H,5-7H2,1-4H3. The molecule has 0 aromatic rings. The zero-order chi connectivity index (χ0) is 9.61. The first-order valence-electron chi connectivity index (χ1n) is 4.52. The van der Waals surface area contributed by atoms with Crippen molar-refractivity contribution in [2.45, 2.75) is 39.4 Å². The summed E-state index contributed by atoms with van der Waals surface area (Å²) in [6.07, 6.45) is 0.179. The molecule has 0 spiro atoms. The van der Waals surface area contributed by atoms with Gasteiger partial charge in [0.05, 0.1) is 18.3 Å². The maximum Gasteiger partial charge on any atom is 0.0975 e. The summed E-state index contributed by atoms with van der Waals surface area (Å²) in [5.74, 6) is 0. The fraction of sp³-hybridized carbons (Fsp3) is 1.00. The summed E-state index contributed by atoms with van der Waals surface area (Å²) in [5, 5.41) is 12.8. The highest BCUT2D eigenvalue weighted by molar-refractivity contribution is 4.74. The predicted molar refractivity (Wildman–Crippen MR) is 50.3 cm³/mol. The second kappa shape index (κ2) is 5.51. The monoisotopic (exact) mass is 175 g/mol. The zero-order valence-electron chi connectivity index (χ0n) is 8.55. The fourth-order valence-electron chi connectivity index (χ4n) is 0.792. The second-order valence-corrected chi connectivity index (χ2v) is 3.64. The molecule has 1 unspecified atom stereocenters. The van der Waals surface area contributed by atoms with Crippen LogP contribution in [0.2, 0.25) is 0 Å². The number of likely N-dealkylation sites (N-methyl/N-ethyl adjacent to an activating group) is 1. The third-order valence-corrected chi connectivity index (χ3v) is 1.48.